The number of nitrogens with one attached hydrogen (secondary N) is 1. The van der Waals surface area contributed by atoms with Crippen LogP contribution in [0.5, 0.6) is 0 Å². The van der Waals surface area contributed by atoms with Crippen LogP contribution in [0.4, 0.5) is 10.1 Å². The van der Waals surface area contributed by atoms with E-state index in [2.05, 4.69) is 11.9 Å². The molecular formula is C19H20ClFN2O2S2. The smallest absolute Gasteiger partial charge is 0.274 e. The summed E-state index contributed by atoms with van der Waals surface area (Å²) in [5.74, 6) is -0.345. The maximum atomic E-state index is 14.1. The van der Waals surface area contributed by atoms with Gasteiger partial charge in [0.2, 0.25) is 0 Å². The van der Waals surface area contributed by atoms with Gasteiger partial charge in [0.15, 0.2) is 0 Å². The minimum Gasteiger partial charge on any atom is -0.317 e. The fourth-order valence-corrected chi connectivity index (χ4v) is 7.78. The van der Waals surface area contributed by atoms with Crippen LogP contribution in [0.2, 0.25) is 4.34 Å². The van der Waals surface area contributed by atoms with Gasteiger partial charge in [0.1, 0.15) is 10.0 Å². The van der Waals surface area contributed by atoms with Crippen molar-refractivity contribution in [1.82, 2.24) is 5.32 Å². The summed E-state index contributed by atoms with van der Waals surface area (Å²) in [7, 11) is -3.81. The molecule has 1 aromatic heterocycles. The van der Waals surface area contributed by atoms with Crippen LogP contribution in [0.25, 0.3) is 0 Å². The Bertz CT molecular complexity index is 983. The van der Waals surface area contributed by atoms with Gasteiger partial charge in [-0.3, -0.25) is 4.31 Å². The molecule has 1 spiro atoms. The molecule has 0 radical (unpaired) electrons. The Balaban J connectivity index is 1.94. The van der Waals surface area contributed by atoms with Crippen molar-refractivity contribution in [1.29, 1.82) is 0 Å². The van der Waals surface area contributed by atoms with Gasteiger partial charge >= 0.3 is 0 Å². The number of anilines is 1. The number of halogens is 2. The molecule has 144 valence electrons. The molecule has 4 rings (SSSR count). The number of hydrogen-bond donors (Lipinski definition) is 1. The highest BCUT2D eigenvalue weighted by Gasteiger charge is 2.54. The summed E-state index contributed by atoms with van der Waals surface area (Å²) >= 11 is 7.03. The Morgan fingerprint density at radius 3 is 2.70 bits per heavy atom. The zero-order chi connectivity index (χ0) is 19.2. The lowest BCUT2D eigenvalue weighted by atomic mass is 9.69. The molecule has 8 heteroatoms. The third-order valence-electron chi connectivity index (χ3n) is 5.60. The summed E-state index contributed by atoms with van der Waals surface area (Å²) in [4.78, 5) is 0. The molecule has 2 aliphatic heterocycles. The molecule has 27 heavy (non-hydrogen) atoms. The van der Waals surface area contributed by atoms with Crippen molar-refractivity contribution in [3.8, 4) is 0 Å². The zero-order valence-electron chi connectivity index (χ0n) is 14.6. The summed E-state index contributed by atoms with van der Waals surface area (Å²) in [6.07, 6.45) is 3.74. The summed E-state index contributed by atoms with van der Waals surface area (Å²) < 4.78 is 43.3. The monoisotopic (exact) mass is 426 g/mol. The van der Waals surface area contributed by atoms with Gasteiger partial charge in [-0.2, -0.15) is 0 Å². The average molecular weight is 427 g/mol. The van der Waals surface area contributed by atoms with Crippen LogP contribution in [0.3, 0.4) is 0 Å². The maximum absolute atomic E-state index is 14.1. The number of nitrogens with zero attached hydrogens (tertiary/aromatic N) is 1. The average Bonchev–Trinajstić information content (AvgIpc) is 3.19. The van der Waals surface area contributed by atoms with Crippen LogP contribution >= 0.6 is 22.9 Å². The fraction of sp³-hybridized carbons (Fsp3) is 0.368. The first-order valence-electron chi connectivity index (χ1n) is 8.81. The van der Waals surface area contributed by atoms with Gasteiger partial charge < -0.3 is 5.32 Å². The standard InChI is InChI=1S/C19H20ClFN2O2S2/c1-2-3-16-19(8-10-22-11-9-19)14-12-13(21)4-5-15(14)23(16)27(24,25)18-7-6-17(20)26-18/h2,4-7,12,16,22H,1,3,8-11H2. The first kappa shape index (κ1) is 18.9. The molecule has 0 aliphatic carbocycles. The van der Waals surface area contributed by atoms with E-state index in [0.717, 1.165) is 42.8 Å². The number of sulfonamides is 1. The Labute approximate surface area is 167 Å². The zero-order valence-corrected chi connectivity index (χ0v) is 17.0. The molecular weight excluding hydrogens is 407 g/mol. The molecule has 4 nitrogen and oxygen atoms in total. The predicted octanol–water partition coefficient (Wildman–Crippen LogP) is 4.32. The highest BCUT2D eigenvalue weighted by Crippen LogP contribution is 2.53. The van der Waals surface area contributed by atoms with E-state index in [4.69, 9.17) is 11.6 Å². The molecule has 1 atom stereocenters. The molecule has 2 aromatic rings. The number of benzene rings is 1. The van der Waals surface area contributed by atoms with Crippen LogP contribution in [0.1, 0.15) is 24.8 Å². The second-order valence-corrected chi connectivity index (χ2v) is 10.7. The van der Waals surface area contributed by atoms with E-state index >= 15 is 0 Å². The van der Waals surface area contributed by atoms with Gasteiger partial charge in [0.25, 0.3) is 10.0 Å². The van der Waals surface area contributed by atoms with E-state index in [0.29, 0.717) is 16.4 Å². The molecule has 0 amide bonds. The van der Waals surface area contributed by atoms with E-state index in [9.17, 15) is 12.8 Å². The quantitative estimate of drug-likeness (QED) is 0.741. The van der Waals surface area contributed by atoms with Gasteiger partial charge in [-0.05, 0) is 68.2 Å². The molecule has 1 saturated heterocycles. The van der Waals surface area contributed by atoms with Gasteiger partial charge in [0.05, 0.1) is 16.1 Å². The largest absolute Gasteiger partial charge is 0.317 e. The van der Waals surface area contributed by atoms with E-state index in [-0.39, 0.29) is 16.1 Å². The Morgan fingerprint density at radius 2 is 2.07 bits per heavy atom. The van der Waals surface area contributed by atoms with Crippen molar-refractivity contribution in [3.63, 3.8) is 0 Å². The first-order chi connectivity index (χ1) is 12.9. The third kappa shape index (κ3) is 2.92. The van der Waals surface area contributed by atoms with Crippen molar-refractivity contribution in [2.24, 2.45) is 0 Å². The first-order valence-corrected chi connectivity index (χ1v) is 11.4. The second-order valence-electron chi connectivity index (χ2n) is 6.97. The van der Waals surface area contributed by atoms with E-state index in [1.165, 1.54) is 22.5 Å². The Hall–Kier alpha value is -1.41. The minimum atomic E-state index is -3.81. The Kier molecular flexibility index (Phi) is 4.83. The van der Waals surface area contributed by atoms with Crippen LogP contribution in [-0.4, -0.2) is 27.5 Å². The maximum Gasteiger partial charge on any atom is 0.274 e. The van der Waals surface area contributed by atoms with Crippen molar-refractivity contribution in [2.45, 2.75) is 34.9 Å². The summed E-state index contributed by atoms with van der Waals surface area (Å²) in [5.41, 5.74) is 0.919. The summed E-state index contributed by atoms with van der Waals surface area (Å²) in [6, 6.07) is 7.21. The van der Waals surface area contributed by atoms with Crippen LogP contribution in [-0.2, 0) is 15.4 Å². The molecule has 1 aromatic carbocycles. The Morgan fingerprint density at radius 1 is 1.33 bits per heavy atom. The topological polar surface area (TPSA) is 49.4 Å². The molecule has 1 unspecified atom stereocenters. The van der Waals surface area contributed by atoms with Crippen molar-refractivity contribution >= 4 is 38.6 Å². The van der Waals surface area contributed by atoms with Crippen LogP contribution in [0.15, 0.2) is 47.2 Å². The highest BCUT2D eigenvalue weighted by molar-refractivity contribution is 7.94. The second kappa shape index (κ2) is 6.88. The SMILES string of the molecule is C=CCC1N(S(=O)(=O)c2ccc(Cl)s2)c2ccc(F)cc2C12CCNCC2. The molecule has 2 aliphatic rings. The lowest BCUT2D eigenvalue weighted by Gasteiger charge is -2.41. The highest BCUT2D eigenvalue weighted by atomic mass is 35.5. The number of thiophene rings is 1. The normalized spacial score (nSPS) is 21.4. The number of piperidine rings is 1. The lowest BCUT2D eigenvalue weighted by molar-refractivity contribution is 0.273. The number of rotatable bonds is 4. The van der Waals surface area contributed by atoms with Crippen LogP contribution in [0, 0.1) is 5.82 Å². The van der Waals surface area contributed by atoms with Crippen molar-refractivity contribution < 1.29 is 12.8 Å². The van der Waals surface area contributed by atoms with E-state index < -0.39 is 15.4 Å². The van der Waals surface area contributed by atoms with Crippen molar-refractivity contribution in [3.05, 3.63) is 58.7 Å². The van der Waals surface area contributed by atoms with Gasteiger partial charge in [-0.25, -0.2) is 12.8 Å². The van der Waals surface area contributed by atoms with Gasteiger partial charge in [0, 0.05) is 5.41 Å². The number of hydrogen-bond acceptors (Lipinski definition) is 4. The fourth-order valence-electron chi connectivity index (χ4n) is 4.46. The van der Waals surface area contributed by atoms with E-state index in [1.54, 1.807) is 18.2 Å². The summed E-state index contributed by atoms with van der Waals surface area (Å²) in [6.45, 7) is 5.38. The van der Waals surface area contributed by atoms with Crippen molar-refractivity contribution in [2.75, 3.05) is 17.4 Å². The number of fused-ring (bicyclic) bond motifs is 2. The minimum absolute atomic E-state index is 0.197. The molecule has 1 fully saturated rings. The van der Waals surface area contributed by atoms with E-state index in [1.807, 2.05) is 0 Å². The molecule has 1 N–H and O–H groups in total. The molecule has 3 heterocycles. The molecule has 0 bridgehead atoms. The third-order valence-corrected chi connectivity index (χ3v) is 9.12. The van der Waals surface area contributed by atoms with Gasteiger partial charge in [-0.15, -0.1) is 17.9 Å². The lowest BCUT2D eigenvalue weighted by Crippen LogP contribution is -2.51. The predicted molar refractivity (Wildman–Crippen MR) is 108 cm³/mol. The van der Waals surface area contributed by atoms with Crippen LogP contribution < -0.4 is 9.62 Å². The summed E-state index contributed by atoms with van der Waals surface area (Å²) in [5, 5.41) is 3.33. The molecule has 0 saturated carbocycles. The van der Waals surface area contributed by atoms with Gasteiger partial charge in [-0.1, -0.05) is 17.7 Å².